The van der Waals surface area contributed by atoms with Crippen LogP contribution in [0.4, 0.5) is 23.4 Å². The summed E-state index contributed by atoms with van der Waals surface area (Å²) in [6.07, 6.45) is -3.02. The number of nitrogens with zero attached hydrogens (tertiary/aromatic N) is 2. The number of amides is 1. The van der Waals surface area contributed by atoms with Crippen molar-refractivity contribution < 1.29 is 22.4 Å². The molecule has 2 atom stereocenters. The van der Waals surface area contributed by atoms with E-state index in [1.165, 1.54) is 18.3 Å². The number of anilines is 1. The Hall–Kier alpha value is -4.14. The molecular formula is C28H24F4N4O. The summed E-state index contributed by atoms with van der Waals surface area (Å²) in [6, 6.07) is 20.3. The van der Waals surface area contributed by atoms with Gasteiger partial charge in [-0.2, -0.15) is 18.3 Å². The first kappa shape index (κ1) is 24.5. The summed E-state index contributed by atoms with van der Waals surface area (Å²) >= 11 is 0. The summed E-state index contributed by atoms with van der Waals surface area (Å²) in [7, 11) is 0. The lowest BCUT2D eigenvalue weighted by atomic mass is 9.96. The van der Waals surface area contributed by atoms with E-state index in [4.69, 9.17) is 0 Å². The highest BCUT2D eigenvalue weighted by Gasteiger charge is 2.47. The number of alkyl halides is 3. The molecule has 2 N–H and O–H groups in total. The molecule has 3 aromatic carbocycles. The minimum absolute atomic E-state index is 0.0589. The van der Waals surface area contributed by atoms with E-state index in [2.05, 4.69) is 15.7 Å². The predicted molar refractivity (Wildman–Crippen MR) is 133 cm³/mol. The molecule has 1 aliphatic rings. The molecule has 2 heterocycles. The molecule has 0 radical (unpaired) electrons. The molecule has 9 heteroatoms. The summed E-state index contributed by atoms with van der Waals surface area (Å²) < 4.78 is 55.6. The Morgan fingerprint density at radius 3 is 2.27 bits per heavy atom. The molecule has 4 aromatic rings. The van der Waals surface area contributed by atoms with Crippen LogP contribution in [-0.2, 0) is 6.42 Å². The van der Waals surface area contributed by atoms with Gasteiger partial charge >= 0.3 is 6.18 Å². The van der Waals surface area contributed by atoms with Crippen LogP contribution < -0.4 is 10.6 Å². The zero-order valence-corrected chi connectivity index (χ0v) is 19.7. The standard InChI is InChI=1S/C28H24F4N4O/c29-22-12-10-20(11-13-22)19-8-6-18(7-9-19)14-15-33-27(37)23-17-34-36-25(28(30,31)32)16-24(35-26(23)36)21-4-2-1-3-5-21/h1-13,17,24-25,35H,14-16H2,(H,33,37)/t24-,25+/m1/s1. The Labute approximate surface area is 211 Å². The molecule has 0 spiro atoms. The van der Waals surface area contributed by atoms with Crippen LogP contribution in [0.3, 0.4) is 0 Å². The van der Waals surface area contributed by atoms with Gasteiger partial charge in [0.1, 0.15) is 17.2 Å². The maximum Gasteiger partial charge on any atom is 0.410 e. The molecule has 1 aliphatic heterocycles. The molecule has 0 fully saturated rings. The van der Waals surface area contributed by atoms with Gasteiger partial charge in [0.15, 0.2) is 6.04 Å². The van der Waals surface area contributed by atoms with Gasteiger partial charge in [0.25, 0.3) is 5.91 Å². The molecule has 0 saturated heterocycles. The Morgan fingerprint density at radius 2 is 1.62 bits per heavy atom. The van der Waals surface area contributed by atoms with Crippen LogP contribution in [-0.4, -0.2) is 28.4 Å². The monoisotopic (exact) mass is 508 g/mol. The fourth-order valence-corrected chi connectivity index (χ4v) is 4.55. The fourth-order valence-electron chi connectivity index (χ4n) is 4.55. The van der Waals surface area contributed by atoms with E-state index in [9.17, 15) is 22.4 Å². The average molecular weight is 509 g/mol. The van der Waals surface area contributed by atoms with Crippen LogP contribution >= 0.6 is 0 Å². The Bertz CT molecular complexity index is 1370. The minimum atomic E-state index is -4.51. The maximum atomic E-state index is 13.9. The Balaban J connectivity index is 1.26. The summed E-state index contributed by atoms with van der Waals surface area (Å²) in [5, 5.41) is 9.80. The van der Waals surface area contributed by atoms with Gasteiger partial charge in [0.05, 0.1) is 12.2 Å². The second-order valence-corrected chi connectivity index (χ2v) is 8.96. The molecule has 37 heavy (non-hydrogen) atoms. The van der Waals surface area contributed by atoms with Gasteiger partial charge in [-0.15, -0.1) is 0 Å². The van der Waals surface area contributed by atoms with E-state index in [0.717, 1.165) is 21.4 Å². The lowest BCUT2D eigenvalue weighted by Gasteiger charge is -2.34. The minimum Gasteiger partial charge on any atom is -0.363 e. The first-order valence-electron chi connectivity index (χ1n) is 11.9. The summed E-state index contributed by atoms with van der Waals surface area (Å²) in [5.74, 6) is -0.731. The number of aromatic nitrogens is 2. The van der Waals surface area contributed by atoms with Crippen molar-refractivity contribution in [3.8, 4) is 11.1 Å². The third-order valence-electron chi connectivity index (χ3n) is 6.52. The number of fused-ring (bicyclic) bond motifs is 1. The summed E-state index contributed by atoms with van der Waals surface area (Å²) in [5.41, 5.74) is 3.59. The Kier molecular flexibility index (Phi) is 6.69. The first-order chi connectivity index (χ1) is 17.8. The van der Waals surface area contributed by atoms with Crippen molar-refractivity contribution in [3.63, 3.8) is 0 Å². The molecule has 1 aromatic heterocycles. The fraction of sp³-hybridized carbons (Fsp3) is 0.214. The molecule has 190 valence electrons. The lowest BCUT2D eigenvalue weighted by molar-refractivity contribution is -0.173. The van der Waals surface area contributed by atoms with Crippen molar-refractivity contribution in [2.45, 2.75) is 31.1 Å². The van der Waals surface area contributed by atoms with Gasteiger partial charge < -0.3 is 10.6 Å². The van der Waals surface area contributed by atoms with Gasteiger partial charge in [-0.25, -0.2) is 9.07 Å². The third kappa shape index (κ3) is 5.35. The first-order valence-corrected chi connectivity index (χ1v) is 11.9. The van der Waals surface area contributed by atoms with Gasteiger partial charge in [-0.05, 0) is 40.8 Å². The molecular weight excluding hydrogens is 484 g/mol. The Morgan fingerprint density at radius 1 is 0.973 bits per heavy atom. The van der Waals surface area contributed by atoms with Crippen LogP contribution in [0.5, 0.6) is 0 Å². The quantitative estimate of drug-likeness (QED) is 0.300. The van der Waals surface area contributed by atoms with Crippen molar-refractivity contribution in [1.29, 1.82) is 0 Å². The zero-order valence-electron chi connectivity index (χ0n) is 19.7. The number of hydrogen-bond donors (Lipinski definition) is 2. The van der Waals surface area contributed by atoms with Gasteiger partial charge in [0, 0.05) is 13.0 Å². The number of hydrogen-bond acceptors (Lipinski definition) is 3. The number of nitrogens with one attached hydrogen (secondary N) is 2. The van der Waals surface area contributed by atoms with Crippen LogP contribution in [0, 0.1) is 5.82 Å². The van der Waals surface area contributed by atoms with Gasteiger partial charge in [-0.1, -0.05) is 66.7 Å². The second kappa shape index (κ2) is 10.1. The van der Waals surface area contributed by atoms with Gasteiger partial charge in [0.2, 0.25) is 0 Å². The maximum absolute atomic E-state index is 13.9. The molecule has 5 nitrogen and oxygen atoms in total. The van der Waals surface area contributed by atoms with Crippen LogP contribution in [0.15, 0.2) is 85.1 Å². The highest BCUT2D eigenvalue weighted by atomic mass is 19.4. The molecule has 0 aliphatic carbocycles. The number of benzene rings is 3. The van der Waals surface area contributed by atoms with Crippen LogP contribution in [0.2, 0.25) is 0 Å². The SMILES string of the molecule is O=C(NCCc1ccc(-c2ccc(F)cc2)cc1)c1cnn2c1N[C@@H](c1ccccc1)C[C@H]2C(F)(F)F. The number of carbonyl (C=O) groups is 1. The van der Waals surface area contributed by atoms with E-state index in [-0.39, 0.29) is 23.6 Å². The largest absolute Gasteiger partial charge is 0.410 e. The molecule has 0 unspecified atom stereocenters. The van der Waals surface area contributed by atoms with Crippen molar-refractivity contribution >= 4 is 11.7 Å². The highest BCUT2D eigenvalue weighted by molar-refractivity contribution is 5.98. The van der Waals surface area contributed by atoms with Crippen LogP contribution in [0.25, 0.3) is 11.1 Å². The van der Waals surface area contributed by atoms with Crippen molar-refractivity contribution in [1.82, 2.24) is 15.1 Å². The van der Waals surface area contributed by atoms with E-state index >= 15 is 0 Å². The van der Waals surface area contributed by atoms with E-state index in [1.54, 1.807) is 42.5 Å². The normalized spacial score (nSPS) is 17.1. The smallest absolute Gasteiger partial charge is 0.363 e. The number of halogens is 4. The second-order valence-electron chi connectivity index (χ2n) is 8.96. The topological polar surface area (TPSA) is 59.0 Å². The van der Waals surface area contributed by atoms with E-state index in [1.807, 2.05) is 24.3 Å². The average Bonchev–Trinajstić information content (AvgIpc) is 3.33. The molecule has 0 saturated carbocycles. The zero-order chi connectivity index (χ0) is 26.0. The third-order valence-corrected chi connectivity index (χ3v) is 6.52. The lowest BCUT2D eigenvalue weighted by Crippen LogP contribution is -2.36. The summed E-state index contributed by atoms with van der Waals surface area (Å²) in [4.78, 5) is 12.9. The van der Waals surface area contributed by atoms with Crippen molar-refractivity contribution in [3.05, 3.63) is 108 Å². The van der Waals surface area contributed by atoms with E-state index < -0.39 is 24.2 Å². The highest BCUT2D eigenvalue weighted by Crippen LogP contribution is 2.44. The predicted octanol–water partition coefficient (Wildman–Crippen LogP) is 6.32. The molecule has 1 amide bonds. The molecule has 0 bridgehead atoms. The van der Waals surface area contributed by atoms with Crippen LogP contribution in [0.1, 0.15) is 40.0 Å². The van der Waals surface area contributed by atoms with E-state index in [0.29, 0.717) is 18.5 Å². The van der Waals surface area contributed by atoms with Crippen molar-refractivity contribution in [2.75, 3.05) is 11.9 Å². The number of rotatable bonds is 6. The molecule has 5 rings (SSSR count). The van der Waals surface area contributed by atoms with Gasteiger partial charge in [-0.3, -0.25) is 4.79 Å². The number of carbonyl (C=O) groups excluding carboxylic acids is 1. The summed E-state index contributed by atoms with van der Waals surface area (Å²) in [6.45, 7) is 0.296. The van der Waals surface area contributed by atoms with Crippen molar-refractivity contribution in [2.24, 2.45) is 0 Å².